The molecule has 0 spiro atoms. The first-order valence-corrected chi connectivity index (χ1v) is 6.45. The maximum atomic E-state index is 13.1. The summed E-state index contributed by atoms with van der Waals surface area (Å²) in [6, 6.07) is 3.08. The van der Waals surface area contributed by atoms with Gasteiger partial charge in [-0.25, -0.2) is 13.8 Å². The lowest BCUT2D eigenvalue weighted by Crippen LogP contribution is -2.15. The Morgan fingerprint density at radius 3 is 2.61 bits per heavy atom. The van der Waals surface area contributed by atoms with Gasteiger partial charge in [0.25, 0.3) is 5.56 Å². The van der Waals surface area contributed by atoms with E-state index in [2.05, 4.69) is 9.97 Å². The summed E-state index contributed by atoms with van der Waals surface area (Å²) < 4.78 is 26.2. The normalized spacial score (nSPS) is 13.7. The van der Waals surface area contributed by atoms with Crippen LogP contribution in [0.15, 0.2) is 23.0 Å². The molecule has 0 saturated heterocycles. The Bertz CT molecular complexity index is 664. The van der Waals surface area contributed by atoms with Gasteiger partial charge in [0.2, 0.25) is 0 Å². The van der Waals surface area contributed by atoms with E-state index in [1.165, 1.54) is 0 Å². The summed E-state index contributed by atoms with van der Waals surface area (Å²) in [5, 5.41) is 0. The third-order valence-corrected chi connectivity index (χ3v) is 3.69. The first kappa shape index (κ1) is 11.4. The van der Waals surface area contributed by atoms with Crippen molar-refractivity contribution >= 4 is 11.8 Å². The number of thioether (sulfide) groups is 1. The lowest BCUT2D eigenvalue weighted by Gasteiger charge is -2.04. The minimum absolute atomic E-state index is 0.208. The zero-order valence-electron chi connectivity index (χ0n) is 9.17. The Balaban J connectivity index is 2.18. The number of benzene rings is 1. The smallest absolute Gasteiger partial charge is 0.255 e. The molecule has 6 heteroatoms. The molecule has 1 aliphatic rings. The molecule has 0 saturated carbocycles. The van der Waals surface area contributed by atoms with Crippen LogP contribution in [0.25, 0.3) is 11.4 Å². The average molecular weight is 266 g/mol. The van der Waals surface area contributed by atoms with Crippen molar-refractivity contribution in [3.05, 3.63) is 51.4 Å². The molecule has 0 atom stereocenters. The number of nitrogens with zero attached hydrogens (tertiary/aromatic N) is 1. The van der Waals surface area contributed by atoms with Crippen molar-refractivity contribution in [2.45, 2.75) is 11.5 Å². The van der Waals surface area contributed by atoms with Gasteiger partial charge in [-0.05, 0) is 12.1 Å². The second-order valence-electron chi connectivity index (χ2n) is 3.99. The van der Waals surface area contributed by atoms with Crippen molar-refractivity contribution in [1.82, 2.24) is 9.97 Å². The van der Waals surface area contributed by atoms with Crippen LogP contribution in [0, 0.1) is 11.6 Å². The van der Waals surface area contributed by atoms with Crippen molar-refractivity contribution in [3.63, 3.8) is 0 Å². The minimum Gasteiger partial charge on any atom is -0.306 e. The van der Waals surface area contributed by atoms with Gasteiger partial charge in [0.1, 0.15) is 17.5 Å². The molecule has 0 aliphatic carbocycles. The topological polar surface area (TPSA) is 45.8 Å². The molecule has 0 unspecified atom stereocenters. The predicted octanol–water partition coefficient (Wildman–Crippen LogP) is 2.46. The number of hydrogen-bond donors (Lipinski definition) is 1. The number of aromatic amines is 1. The van der Waals surface area contributed by atoms with Crippen LogP contribution in [-0.2, 0) is 11.5 Å². The summed E-state index contributed by atoms with van der Waals surface area (Å²) in [7, 11) is 0. The zero-order valence-corrected chi connectivity index (χ0v) is 9.98. The number of fused-ring (bicyclic) bond motifs is 1. The lowest BCUT2D eigenvalue weighted by molar-refractivity contribution is 0.584. The van der Waals surface area contributed by atoms with Crippen molar-refractivity contribution in [2.75, 3.05) is 0 Å². The number of nitrogens with one attached hydrogen (secondary N) is 1. The Hall–Kier alpha value is -1.69. The van der Waals surface area contributed by atoms with E-state index in [0.717, 1.165) is 18.2 Å². The molecular weight excluding hydrogens is 258 g/mol. The number of rotatable bonds is 1. The summed E-state index contributed by atoms with van der Waals surface area (Å²) in [4.78, 5) is 18.6. The van der Waals surface area contributed by atoms with Gasteiger partial charge >= 0.3 is 0 Å². The van der Waals surface area contributed by atoms with Crippen LogP contribution in [0.2, 0.25) is 0 Å². The van der Waals surface area contributed by atoms with E-state index in [9.17, 15) is 13.6 Å². The summed E-state index contributed by atoms with van der Waals surface area (Å²) in [6.45, 7) is 0. The maximum absolute atomic E-state index is 13.1. The van der Waals surface area contributed by atoms with Gasteiger partial charge in [-0.15, -0.1) is 0 Å². The van der Waals surface area contributed by atoms with E-state index in [1.807, 2.05) is 0 Å². The molecule has 0 amide bonds. The van der Waals surface area contributed by atoms with Crippen LogP contribution in [0.5, 0.6) is 0 Å². The van der Waals surface area contributed by atoms with E-state index >= 15 is 0 Å². The molecule has 3 nitrogen and oxygen atoms in total. The molecule has 0 fully saturated rings. The van der Waals surface area contributed by atoms with Crippen LogP contribution < -0.4 is 5.56 Å². The Labute approximate surface area is 105 Å². The van der Waals surface area contributed by atoms with E-state index < -0.39 is 11.6 Å². The van der Waals surface area contributed by atoms with Crippen LogP contribution in [0.1, 0.15) is 11.3 Å². The number of aromatic nitrogens is 2. The highest BCUT2D eigenvalue weighted by Crippen LogP contribution is 2.27. The van der Waals surface area contributed by atoms with Gasteiger partial charge in [-0.2, -0.15) is 11.8 Å². The van der Waals surface area contributed by atoms with Crippen molar-refractivity contribution in [2.24, 2.45) is 0 Å². The van der Waals surface area contributed by atoms with Gasteiger partial charge in [-0.1, -0.05) is 0 Å². The summed E-state index contributed by atoms with van der Waals surface area (Å²) in [5.41, 5.74) is 1.36. The van der Waals surface area contributed by atoms with Crippen molar-refractivity contribution in [1.29, 1.82) is 0 Å². The summed E-state index contributed by atoms with van der Waals surface area (Å²) >= 11 is 1.60. The van der Waals surface area contributed by atoms with Gasteiger partial charge in [-0.3, -0.25) is 4.79 Å². The molecule has 18 heavy (non-hydrogen) atoms. The Morgan fingerprint density at radius 1 is 1.17 bits per heavy atom. The average Bonchev–Trinajstić information content (AvgIpc) is 2.76. The second kappa shape index (κ2) is 4.20. The molecule has 0 radical (unpaired) electrons. The van der Waals surface area contributed by atoms with E-state index in [-0.39, 0.29) is 16.9 Å². The third kappa shape index (κ3) is 1.92. The molecule has 92 valence electrons. The Kier molecular flexibility index (Phi) is 2.66. The van der Waals surface area contributed by atoms with Gasteiger partial charge in [0.15, 0.2) is 0 Å². The first-order valence-electron chi connectivity index (χ1n) is 5.30. The standard InChI is InChI=1S/C12H8F2N2OS/c13-7-1-6(2-8(14)3-7)11-15-10-5-18-4-9(10)12(17)16-11/h1-3H,4-5H2,(H,15,16,17). The van der Waals surface area contributed by atoms with Crippen LogP contribution >= 0.6 is 11.8 Å². The highest BCUT2D eigenvalue weighted by molar-refractivity contribution is 7.98. The minimum atomic E-state index is -0.692. The SMILES string of the molecule is O=c1[nH]c(-c2cc(F)cc(F)c2)nc2c1CSC2. The maximum Gasteiger partial charge on any atom is 0.255 e. The molecule has 1 N–H and O–H groups in total. The fraction of sp³-hybridized carbons (Fsp3) is 0.167. The fourth-order valence-corrected chi connectivity index (χ4v) is 2.93. The summed E-state index contributed by atoms with van der Waals surface area (Å²) in [6.07, 6.45) is 0. The predicted molar refractivity (Wildman–Crippen MR) is 65.2 cm³/mol. The molecule has 3 rings (SSSR count). The molecule has 1 aromatic heterocycles. The molecule has 1 aromatic carbocycles. The van der Waals surface area contributed by atoms with E-state index in [0.29, 0.717) is 22.8 Å². The number of halogens is 2. The fourth-order valence-electron chi connectivity index (χ4n) is 1.89. The number of H-pyrrole nitrogens is 1. The molecular formula is C12H8F2N2OS. The molecule has 2 aromatic rings. The highest BCUT2D eigenvalue weighted by atomic mass is 32.2. The zero-order chi connectivity index (χ0) is 12.7. The van der Waals surface area contributed by atoms with Crippen LogP contribution in [-0.4, -0.2) is 9.97 Å². The van der Waals surface area contributed by atoms with Gasteiger partial charge in [0, 0.05) is 28.7 Å². The molecule has 2 heterocycles. The van der Waals surface area contributed by atoms with Gasteiger partial charge in [0.05, 0.1) is 5.69 Å². The second-order valence-corrected chi connectivity index (χ2v) is 4.98. The van der Waals surface area contributed by atoms with Crippen LogP contribution in [0.3, 0.4) is 0 Å². The van der Waals surface area contributed by atoms with E-state index in [4.69, 9.17) is 0 Å². The van der Waals surface area contributed by atoms with Crippen molar-refractivity contribution < 1.29 is 8.78 Å². The van der Waals surface area contributed by atoms with E-state index in [1.54, 1.807) is 11.8 Å². The monoisotopic (exact) mass is 266 g/mol. The quantitative estimate of drug-likeness (QED) is 0.862. The lowest BCUT2D eigenvalue weighted by atomic mass is 10.2. The number of hydrogen-bond acceptors (Lipinski definition) is 3. The van der Waals surface area contributed by atoms with Crippen LogP contribution in [0.4, 0.5) is 8.78 Å². The third-order valence-electron chi connectivity index (χ3n) is 2.72. The Morgan fingerprint density at radius 2 is 1.89 bits per heavy atom. The first-order chi connectivity index (χ1) is 8.63. The van der Waals surface area contributed by atoms with Crippen molar-refractivity contribution in [3.8, 4) is 11.4 Å². The molecule has 1 aliphatic heterocycles. The summed E-state index contributed by atoms with van der Waals surface area (Å²) in [5.74, 6) is 0.115. The molecule has 0 bridgehead atoms. The highest BCUT2D eigenvalue weighted by Gasteiger charge is 2.18. The largest absolute Gasteiger partial charge is 0.306 e. The van der Waals surface area contributed by atoms with Gasteiger partial charge < -0.3 is 4.98 Å².